The molecule has 0 aliphatic heterocycles. The third-order valence-corrected chi connectivity index (χ3v) is 5.62. The first-order chi connectivity index (χ1) is 12.8. The van der Waals surface area contributed by atoms with Gasteiger partial charge in [-0.2, -0.15) is 0 Å². The van der Waals surface area contributed by atoms with Gasteiger partial charge in [-0.3, -0.25) is 4.99 Å². The first kappa shape index (κ1) is 17.2. The van der Waals surface area contributed by atoms with Crippen molar-refractivity contribution in [1.29, 1.82) is 0 Å². The van der Waals surface area contributed by atoms with Gasteiger partial charge in [0.25, 0.3) is 0 Å². The smallest absolute Gasteiger partial charge is 0.0639 e. The largest absolute Gasteiger partial charge is 0.289 e. The average molecular weight is 404 g/mol. The van der Waals surface area contributed by atoms with Crippen LogP contribution in [0.4, 0.5) is 0 Å². The molecule has 3 aromatic rings. The number of fused-ring (bicyclic) bond motifs is 1. The number of benzene rings is 3. The van der Waals surface area contributed by atoms with Crippen LogP contribution < -0.4 is 0 Å². The lowest BCUT2D eigenvalue weighted by Gasteiger charge is -2.28. The number of rotatable bonds is 4. The van der Waals surface area contributed by atoms with Gasteiger partial charge in [-0.25, -0.2) is 0 Å². The number of aryl methyl sites for hydroxylation is 1. The molecular formula is C24H22BrN. The number of hydrogen-bond acceptors (Lipinski definition) is 1. The molecule has 4 rings (SSSR count). The van der Waals surface area contributed by atoms with E-state index in [0.29, 0.717) is 5.92 Å². The van der Waals surface area contributed by atoms with Crippen molar-refractivity contribution in [3.63, 3.8) is 0 Å². The van der Waals surface area contributed by atoms with Crippen LogP contribution in [0.5, 0.6) is 0 Å². The Kier molecular flexibility index (Phi) is 5.31. The monoisotopic (exact) mass is 403 g/mol. The summed E-state index contributed by atoms with van der Waals surface area (Å²) < 4.78 is 1.17. The highest BCUT2D eigenvalue weighted by Crippen LogP contribution is 2.34. The summed E-state index contributed by atoms with van der Waals surface area (Å²) in [6, 6.07) is 28.1. The van der Waals surface area contributed by atoms with Crippen molar-refractivity contribution in [3.05, 3.63) is 106 Å². The molecule has 0 aromatic heterocycles. The molecule has 1 nitrogen and oxygen atoms in total. The Balaban J connectivity index is 1.67. The summed E-state index contributed by atoms with van der Waals surface area (Å²) in [4.78, 5) is 5.06. The lowest BCUT2D eigenvalue weighted by Crippen LogP contribution is -2.23. The van der Waals surface area contributed by atoms with E-state index in [2.05, 4.69) is 94.8 Å². The Bertz CT molecular complexity index is 900. The van der Waals surface area contributed by atoms with Crippen LogP contribution in [0.2, 0.25) is 0 Å². The quantitative estimate of drug-likeness (QED) is 0.480. The maximum absolute atomic E-state index is 5.06. The molecule has 0 heterocycles. The van der Waals surface area contributed by atoms with Gasteiger partial charge in [0.05, 0.1) is 6.54 Å². The zero-order valence-electron chi connectivity index (χ0n) is 14.7. The first-order valence-corrected chi connectivity index (χ1v) is 9.98. The Labute approximate surface area is 163 Å². The average Bonchev–Trinajstić information content (AvgIpc) is 2.69. The lowest BCUT2D eigenvalue weighted by molar-refractivity contribution is 0.776. The van der Waals surface area contributed by atoms with Crippen molar-refractivity contribution in [2.75, 3.05) is 0 Å². The molecule has 130 valence electrons. The van der Waals surface area contributed by atoms with Gasteiger partial charge >= 0.3 is 0 Å². The number of aliphatic imine (C=N–C) groups is 1. The highest BCUT2D eigenvalue weighted by molar-refractivity contribution is 9.10. The van der Waals surface area contributed by atoms with Gasteiger partial charge in [-0.1, -0.05) is 82.7 Å². The fourth-order valence-electron chi connectivity index (χ4n) is 3.79. The van der Waals surface area contributed by atoms with Crippen LogP contribution in [0.25, 0.3) is 0 Å². The van der Waals surface area contributed by atoms with Gasteiger partial charge in [0.2, 0.25) is 0 Å². The summed E-state index contributed by atoms with van der Waals surface area (Å²) in [6.45, 7) is 0.771. The number of nitrogens with zero attached hydrogens (tertiary/aromatic N) is 1. The van der Waals surface area contributed by atoms with Crippen LogP contribution in [0, 0.1) is 0 Å². The summed E-state index contributed by atoms with van der Waals surface area (Å²) in [5.41, 5.74) is 6.89. The molecule has 1 aliphatic carbocycles. The Morgan fingerprint density at radius 1 is 0.808 bits per heavy atom. The fraction of sp³-hybridized carbons (Fsp3) is 0.208. The van der Waals surface area contributed by atoms with Gasteiger partial charge < -0.3 is 0 Å². The second-order valence-electron chi connectivity index (χ2n) is 6.88. The van der Waals surface area contributed by atoms with E-state index in [1.165, 1.54) is 32.4 Å². The molecule has 1 atom stereocenters. The van der Waals surface area contributed by atoms with Crippen LogP contribution >= 0.6 is 15.9 Å². The minimum Gasteiger partial charge on any atom is -0.289 e. The third kappa shape index (κ3) is 3.96. The third-order valence-electron chi connectivity index (χ3n) is 5.12. The second-order valence-corrected chi connectivity index (χ2v) is 7.79. The Morgan fingerprint density at radius 3 is 2.23 bits per heavy atom. The molecule has 0 bridgehead atoms. The van der Waals surface area contributed by atoms with Crippen molar-refractivity contribution in [1.82, 2.24) is 0 Å². The van der Waals surface area contributed by atoms with E-state index in [9.17, 15) is 0 Å². The molecule has 0 radical (unpaired) electrons. The molecule has 1 unspecified atom stereocenters. The maximum Gasteiger partial charge on any atom is 0.0639 e. The number of halogens is 1. The van der Waals surface area contributed by atoms with E-state index in [4.69, 9.17) is 4.99 Å². The zero-order chi connectivity index (χ0) is 17.8. The Hall–Kier alpha value is -2.19. The van der Waals surface area contributed by atoms with Crippen molar-refractivity contribution in [2.24, 2.45) is 4.99 Å². The molecule has 0 N–H and O–H groups in total. The van der Waals surface area contributed by atoms with Crippen LogP contribution in [0.3, 0.4) is 0 Å². The van der Waals surface area contributed by atoms with Gasteiger partial charge in [-0.15, -0.1) is 0 Å². The molecule has 0 fully saturated rings. The van der Waals surface area contributed by atoms with Gasteiger partial charge in [0.1, 0.15) is 0 Å². The molecule has 2 heteroatoms. The van der Waals surface area contributed by atoms with E-state index in [1.54, 1.807) is 0 Å². The molecule has 0 saturated carbocycles. The summed E-state index contributed by atoms with van der Waals surface area (Å²) in [6.07, 6.45) is 3.14. The summed E-state index contributed by atoms with van der Waals surface area (Å²) in [5, 5.41) is 0. The van der Waals surface area contributed by atoms with E-state index in [1.807, 2.05) is 0 Å². The Morgan fingerprint density at radius 2 is 1.50 bits per heavy atom. The number of hydrogen-bond donors (Lipinski definition) is 0. The minimum absolute atomic E-state index is 0.373. The molecule has 0 spiro atoms. The van der Waals surface area contributed by atoms with Gasteiger partial charge in [-0.05, 0) is 53.6 Å². The molecule has 0 saturated heterocycles. The molecule has 0 amide bonds. The van der Waals surface area contributed by atoms with Crippen LogP contribution in [0.1, 0.15) is 34.6 Å². The lowest BCUT2D eigenvalue weighted by atomic mass is 9.78. The van der Waals surface area contributed by atoms with Crippen LogP contribution in [0.15, 0.2) is 88.3 Å². The van der Waals surface area contributed by atoms with Gasteiger partial charge in [0, 0.05) is 16.1 Å². The summed E-state index contributed by atoms with van der Waals surface area (Å²) >= 11 is 3.62. The van der Waals surface area contributed by atoms with E-state index >= 15 is 0 Å². The molecule has 26 heavy (non-hydrogen) atoms. The van der Waals surface area contributed by atoms with E-state index in [-0.39, 0.29) is 0 Å². The topological polar surface area (TPSA) is 12.4 Å². The van der Waals surface area contributed by atoms with Crippen molar-refractivity contribution >= 4 is 21.6 Å². The second kappa shape index (κ2) is 8.01. The standard InChI is InChI=1S/C24H22BrN/c25-21-12-13-22-20(16-21)11-14-24(26-17-19-9-5-2-6-10-19)23(22)15-18-7-3-1-4-8-18/h1-10,12-13,16,23H,11,14-15,17H2. The minimum atomic E-state index is 0.373. The van der Waals surface area contributed by atoms with E-state index in [0.717, 1.165) is 25.8 Å². The van der Waals surface area contributed by atoms with Gasteiger partial charge in [0.15, 0.2) is 0 Å². The van der Waals surface area contributed by atoms with Crippen molar-refractivity contribution in [3.8, 4) is 0 Å². The SMILES string of the molecule is Brc1ccc2c(c1)CCC(=NCc1ccccc1)C2Cc1ccccc1. The highest BCUT2D eigenvalue weighted by Gasteiger charge is 2.26. The van der Waals surface area contributed by atoms with Crippen molar-refractivity contribution < 1.29 is 0 Å². The molecular weight excluding hydrogens is 382 g/mol. The summed E-state index contributed by atoms with van der Waals surface area (Å²) in [5.74, 6) is 0.373. The maximum atomic E-state index is 5.06. The summed E-state index contributed by atoms with van der Waals surface area (Å²) in [7, 11) is 0. The first-order valence-electron chi connectivity index (χ1n) is 9.19. The molecule has 3 aromatic carbocycles. The predicted molar refractivity (Wildman–Crippen MR) is 113 cm³/mol. The fourth-order valence-corrected chi connectivity index (χ4v) is 4.20. The van der Waals surface area contributed by atoms with Crippen LogP contribution in [-0.4, -0.2) is 5.71 Å². The normalized spacial score (nSPS) is 17.9. The molecule has 1 aliphatic rings. The predicted octanol–water partition coefficient (Wildman–Crippen LogP) is 6.36. The van der Waals surface area contributed by atoms with Crippen molar-refractivity contribution in [2.45, 2.75) is 31.7 Å². The van der Waals surface area contributed by atoms with E-state index < -0.39 is 0 Å². The zero-order valence-corrected chi connectivity index (χ0v) is 16.3. The van der Waals surface area contributed by atoms with Crippen LogP contribution in [-0.2, 0) is 19.4 Å². The highest BCUT2D eigenvalue weighted by atomic mass is 79.9.